The largest absolute Gasteiger partial charge is 0.495 e. The van der Waals surface area contributed by atoms with Gasteiger partial charge in [0.15, 0.2) is 0 Å². The number of hydrogen-bond donors (Lipinski definition) is 2. The SMILES string of the molecule is CN=Nc1cc(OC)c(N)cc1NC(C)=O. The van der Waals surface area contributed by atoms with Crippen LogP contribution in [0.25, 0.3) is 0 Å². The lowest BCUT2D eigenvalue weighted by atomic mass is 10.2. The van der Waals surface area contributed by atoms with Crippen molar-refractivity contribution in [1.29, 1.82) is 0 Å². The molecule has 0 fully saturated rings. The standard InChI is InChI=1S/C10H14N4O2/c1-6(15)13-8-4-7(11)10(16-3)5-9(8)14-12-2/h4-5H,11H2,1-3H3,(H,13,15). The molecule has 0 bridgehead atoms. The summed E-state index contributed by atoms with van der Waals surface area (Å²) in [5.74, 6) is 0.300. The van der Waals surface area contributed by atoms with Gasteiger partial charge in [-0.05, 0) is 6.07 Å². The Morgan fingerprint density at radius 2 is 2.19 bits per heavy atom. The van der Waals surface area contributed by atoms with Crippen LogP contribution in [-0.4, -0.2) is 20.1 Å². The van der Waals surface area contributed by atoms with Crippen LogP contribution in [0, 0.1) is 0 Å². The Balaban J connectivity index is 3.23. The maximum absolute atomic E-state index is 11.0. The molecular formula is C10H14N4O2. The van der Waals surface area contributed by atoms with Crippen LogP contribution in [0.2, 0.25) is 0 Å². The molecule has 1 aromatic rings. The van der Waals surface area contributed by atoms with Gasteiger partial charge in [0.25, 0.3) is 0 Å². The Morgan fingerprint density at radius 1 is 1.50 bits per heavy atom. The fraction of sp³-hybridized carbons (Fsp3) is 0.300. The average molecular weight is 222 g/mol. The second-order valence-corrected chi connectivity index (χ2v) is 3.09. The molecule has 3 N–H and O–H groups in total. The first kappa shape index (κ1) is 12.0. The quantitative estimate of drug-likeness (QED) is 0.605. The summed E-state index contributed by atoms with van der Waals surface area (Å²) in [5, 5.41) is 10.2. The van der Waals surface area contributed by atoms with E-state index in [1.807, 2.05) is 0 Å². The average Bonchev–Trinajstić information content (AvgIpc) is 2.21. The van der Waals surface area contributed by atoms with Crippen LogP contribution in [0.5, 0.6) is 5.75 Å². The molecule has 0 unspecified atom stereocenters. The van der Waals surface area contributed by atoms with Crippen molar-refractivity contribution in [2.45, 2.75) is 6.92 Å². The van der Waals surface area contributed by atoms with Gasteiger partial charge in [0.05, 0.1) is 18.5 Å². The fourth-order valence-corrected chi connectivity index (χ4v) is 1.24. The predicted molar refractivity (Wildman–Crippen MR) is 62.2 cm³/mol. The first-order valence-corrected chi connectivity index (χ1v) is 4.63. The molecule has 1 amide bonds. The van der Waals surface area contributed by atoms with Gasteiger partial charge in [0.2, 0.25) is 5.91 Å². The molecule has 0 spiro atoms. The zero-order valence-electron chi connectivity index (χ0n) is 9.44. The number of hydrogen-bond acceptors (Lipinski definition) is 5. The number of amides is 1. The molecule has 16 heavy (non-hydrogen) atoms. The zero-order valence-corrected chi connectivity index (χ0v) is 9.44. The molecule has 0 saturated heterocycles. The minimum Gasteiger partial charge on any atom is -0.495 e. The van der Waals surface area contributed by atoms with Crippen LogP contribution in [0.3, 0.4) is 0 Å². The molecule has 1 aromatic carbocycles. The van der Waals surface area contributed by atoms with Gasteiger partial charge < -0.3 is 15.8 Å². The fourth-order valence-electron chi connectivity index (χ4n) is 1.24. The van der Waals surface area contributed by atoms with Crippen LogP contribution < -0.4 is 15.8 Å². The summed E-state index contributed by atoms with van der Waals surface area (Å²) in [6, 6.07) is 3.21. The number of benzene rings is 1. The van der Waals surface area contributed by atoms with Gasteiger partial charge in [0.1, 0.15) is 11.4 Å². The van der Waals surface area contributed by atoms with E-state index in [2.05, 4.69) is 15.5 Å². The minimum absolute atomic E-state index is 0.197. The first-order valence-electron chi connectivity index (χ1n) is 4.63. The first-order chi connectivity index (χ1) is 7.58. The summed E-state index contributed by atoms with van der Waals surface area (Å²) in [6.07, 6.45) is 0. The van der Waals surface area contributed by atoms with E-state index in [0.29, 0.717) is 22.8 Å². The Morgan fingerprint density at radius 3 is 2.69 bits per heavy atom. The highest BCUT2D eigenvalue weighted by Gasteiger charge is 2.09. The summed E-state index contributed by atoms with van der Waals surface area (Å²) in [5.41, 5.74) is 7.17. The maximum Gasteiger partial charge on any atom is 0.221 e. The predicted octanol–water partition coefficient (Wildman–Crippen LogP) is 1.95. The van der Waals surface area contributed by atoms with E-state index >= 15 is 0 Å². The second kappa shape index (κ2) is 5.11. The molecule has 0 aliphatic heterocycles. The van der Waals surface area contributed by atoms with Gasteiger partial charge in [-0.3, -0.25) is 4.79 Å². The summed E-state index contributed by atoms with van der Waals surface area (Å²) in [7, 11) is 3.05. The molecule has 0 atom stereocenters. The number of rotatable bonds is 3. The molecule has 1 rings (SSSR count). The van der Waals surface area contributed by atoms with E-state index in [4.69, 9.17) is 10.5 Å². The van der Waals surface area contributed by atoms with Crippen molar-refractivity contribution < 1.29 is 9.53 Å². The minimum atomic E-state index is -0.197. The number of nitrogens with zero attached hydrogens (tertiary/aromatic N) is 2. The number of carbonyl (C=O) groups excluding carboxylic acids is 1. The van der Waals surface area contributed by atoms with Crippen LogP contribution in [0.4, 0.5) is 17.1 Å². The molecule has 6 heteroatoms. The number of ether oxygens (including phenoxy) is 1. The molecule has 0 saturated carbocycles. The number of anilines is 2. The van der Waals surface area contributed by atoms with Gasteiger partial charge in [-0.15, -0.1) is 0 Å². The highest BCUT2D eigenvalue weighted by Crippen LogP contribution is 2.34. The van der Waals surface area contributed by atoms with Gasteiger partial charge in [-0.2, -0.15) is 10.2 Å². The van der Waals surface area contributed by atoms with E-state index < -0.39 is 0 Å². The second-order valence-electron chi connectivity index (χ2n) is 3.09. The zero-order chi connectivity index (χ0) is 12.1. The molecule has 86 valence electrons. The van der Waals surface area contributed by atoms with Crippen LogP contribution in [-0.2, 0) is 4.79 Å². The molecule has 0 aromatic heterocycles. The molecule has 6 nitrogen and oxygen atoms in total. The lowest BCUT2D eigenvalue weighted by molar-refractivity contribution is -0.114. The van der Waals surface area contributed by atoms with E-state index in [0.717, 1.165) is 0 Å². The number of nitrogens with one attached hydrogen (secondary N) is 1. The van der Waals surface area contributed by atoms with Crippen molar-refractivity contribution in [2.24, 2.45) is 10.2 Å². The van der Waals surface area contributed by atoms with Crippen LogP contribution in [0.15, 0.2) is 22.4 Å². The highest BCUT2D eigenvalue weighted by atomic mass is 16.5. The third-order valence-corrected chi connectivity index (χ3v) is 1.87. The lowest BCUT2D eigenvalue weighted by Gasteiger charge is -2.10. The van der Waals surface area contributed by atoms with E-state index in [9.17, 15) is 4.79 Å². The number of azo groups is 1. The monoisotopic (exact) mass is 222 g/mol. The summed E-state index contributed by atoms with van der Waals surface area (Å²) in [6.45, 7) is 1.41. The van der Waals surface area contributed by atoms with E-state index in [1.165, 1.54) is 14.0 Å². The molecule has 0 heterocycles. The van der Waals surface area contributed by atoms with Gasteiger partial charge >= 0.3 is 0 Å². The molecule has 0 aliphatic carbocycles. The Bertz CT molecular complexity index is 429. The van der Waals surface area contributed by atoms with Crippen molar-refractivity contribution in [1.82, 2.24) is 0 Å². The van der Waals surface area contributed by atoms with Crippen molar-refractivity contribution in [2.75, 3.05) is 25.2 Å². The van der Waals surface area contributed by atoms with Gasteiger partial charge in [0, 0.05) is 20.0 Å². The molecular weight excluding hydrogens is 208 g/mol. The Labute approximate surface area is 93.5 Å². The summed E-state index contributed by atoms with van der Waals surface area (Å²) < 4.78 is 5.05. The summed E-state index contributed by atoms with van der Waals surface area (Å²) >= 11 is 0. The third-order valence-electron chi connectivity index (χ3n) is 1.87. The van der Waals surface area contributed by atoms with Gasteiger partial charge in [-0.25, -0.2) is 0 Å². The smallest absolute Gasteiger partial charge is 0.221 e. The van der Waals surface area contributed by atoms with Crippen molar-refractivity contribution >= 4 is 23.0 Å². The third kappa shape index (κ3) is 2.69. The molecule has 0 aliphatic rings. The van der Waals surface area contributed by atoms with Crippen LogP contribution in [0.1, 0.15) is 6.92 Å². The van der Waals surface area contributed by atoms with Crippen molar-refractivity contribution in [3.05, 3.63) is 12.1 Å². The number of nitrogen functional groups attached to an aromatic ring is 1. The number of nitrogens with two attached hydrogens (primary N) is 1. The van der Waals surface area contributed by atoms with Crippen molar-refractivity contribution in [3.8, 4) is 5.75 Å². The van der Waals surface area contributed by atoms with Crippen LogP contribution >= 0.6 is 0 Å². The van der Waals surface area contributed by atoms with Crippen molar-refractivity contribution in [3.63, 3.8) is 0 Å². The van der Waals surface area contributed by atoms with E-state index in [-0.39, 0.29) is 5.91 Å². The maximum atomic E-state index is 11.0. The normalized spacial score (nSPS) is 10.4. The Kier molecular flexibility index (Phi) is 3.82. The number of carbonyl (C=O) groups is 1. The van der Waals surface area contributed by atoms with Gasteiger partial charge in [-0.1, -0.05) is 0 Å². The lowest BCUT2D eigenvalue weighted by Crippen LogP contribution is -2.06. The molecule has 0 radical (unpaired) electrons. The Hall–Kier alpha value is -2.11. The highest BCUT2D eigenvalue weighted by molar-refractivity contribution is 5.93. The van der Waals surface area contributed by atoms with E-state index in [1.54, 1.807) is 19.2 Å². The topological polar surface area (TPSA) is 89.1 Å². The summed E-state index contributed by atoms with van der Waals surface area (Å²) in [4.78, 5) is 11.0. The number of methoxy groups -OCH3 is 1.